The molecule has 0 atom stereocenters. The molecule has 0 radical (unpaired) electrons. The number of esters is 1. The van der Waals surface area contributed by atoms with Gasteiger partial charge in [0.15, 0.2) is 0 Å². The largest absolute Gasteiger partial charge is 0.466 e. The topological polar surface area (TPSA) is 78.9 Å². The Morgan fingerprint density at radius 3 is 2.65 bits per heavy atom. The number of thioether (sulfide) groups is 1. The molecular weight excluding hydrogens is 316 g/mol. The number of methoxy groups -OCH3 is 1. The molecule has 7 heteroatoms. The highest BCUT2D eigenvalue weighted by Crippen LogP contribution is 2.24. The van der Waals surface area contributed by atoms with Crippen molar-refractivity contribution in [1.29, 1.82) is 0 Å². The van der Waals surface area contributed by atoms with Crippen molar-refractivity contribution in [2.75, 3.05) is 37.9 Å². The van der Waals surface area contributed by atoms with Crippen LogP contribution < -0.4 is 5.32 Å². The summed E-state index contributed by atoms with van der Waals surface area (Å²) in [4.78, 5) is 26.8. The first-order valence-corrected chi connectivity index (χ1v) is 8.30. The van der Waals surface area contributed by atoms with Gasteiger partial charge < -0.3 is 20.1 Å². The molecule has 1 amide bonds. The lowest BCUT2D eigenvalue weighted by Gasteiger charge is -2.15. The van der Waals surface area contributed by atoms with Gasteiger partial charge in [0.1, 0.15) is 5.70 Å². The summed E-state index contributed by atoms with van der Waals surface area (Å²) in [6, 6.07) is 7.64. The number of nitrogens with one attached hydrogen (secondary N) is 1. The molecule has 124 valence electrons. The van der Waals surface area contributed by atoms with Crippen LogP contribution in [0.1, 0.15) is 6.92 Å². The lowest BCUT2D eigenvalue weighted by molar-refractivity contribution is -0.136. The highest BCUT2D eigenvalue weighted by molar-refractivity contribution is 7.99. The van der Waals surface area contributed by atoms with E-state index in [0.29, 0.717) is 0 Å². The number of anilines is 1. The normalized spacial score (nSPS) is 14.4. The molecule has 1 heterocycles. The van der Waals surface area contributed by atoms with Gasteiger partial charge in [0.05, 0.1) is 25.8 Å². The molecule has 2 rings (SSSR count). The third-order valence-electron chi connectivity index (χ3n) is 3.39. The molecule has 23 heavy (non-hydrogen) atoms. The lowest BCUT2D eigenvalue weighted by Crippen LogP contribution is -2.31. The van der Waals surface area contributed by atoms with Crippen LogP contribution in [0, 0.1) is 0 Å². The Labute approximate surface area is 139 Å². The summed E-state index contributed by atoms with van der Waals surface area (Å²) in [6.45, 7) is 2.24. The predicted molar refractivity (Wildman–Crippen MR) is 89.2 cm³/mol. The van der Waals surface area contributed by atoms with E-state index in [4.69, 9.17) is 9.84 Å². The number of carbonyl (C=O) groups excluding carboxylic acids is 2. The quantitative estimate of drug-likeness (QED) is 0.580. The Kier molecular flexibility index (Phi) is 6.06. The van der Waals surface area contributed by atoms with E-state index in [2.05, 4.69) is 12.2 Å². The molecule has 1 aromatic carbocycles. The molecule has 0 saturated heterocycles. The second kappa shape index (κ2) is 8.03. The average molecular weight is 336 g/mol. The maximum Gasteiger partial charge on any atom is 0.337 e. The molecule has 0 fully saturated rings. The molecule has 1 aliphatic heterocycles. The third-order valence-corrected chi connectivity index (χ3v) is 4.28. The van der Waals surface area contributed by atoms with E-state index in [-0.39, 0.29) is 36.9 Å². The van der Waals surface area contributed by atoms with E-state index in [1.165, 1.54) is 12.0 Å². The summed E-state index contributed by atoms with van der Waals surface area (Å²) < 4.78 is 4.75. The number of hydrogen-bond acceptors (Lipinski definition) is 6. The lowest BCUT2D eigenvalue weighted by atomic mass is 10.2. The second-order valence-corrected chi connectivity index (χ2v) is 6.22. The Morgan fingerprint density at radius 2 is 2.09 bits per heavy atom. The number of benzene rings is 1. The van der Waals surface area contributed by atoms with Gasteiger partial charge in [-0.15, -0.1) is 11.8 Å². The Morgan fingerprint density at radius 1 is 1.39 bits per heavy atom. The first-order valence-electron chi connectivity index (χ1n) is 7.32. The molecule has 1 aromatic rings. The van der Waals surface area contributed by atoms with E-state index in [1.54, 1.807) is 11.8 Å². The van der Waals surface area contributed by atoms with Gasteiger partial charge in [-0.1, -0.05) is 6.92 Å². The summed E-state index contributed by atoms with van der Waals surface area (Å²) in [5.41, 5.74) is 1.21. The fraction of sp³-hybridized carbons (Fsp3) is 0.375. The van der Waals surface area contributed by atoms with Crippen LogP contribution in [0.4, 0.5) is 5.69 Å². The van der Waals surface area contributed by atoms with Crippen molar-refractivity contribution in [2.24, 2.45) is 0 Å². The van der Waals surface area contributed by atoms with Crippen molar-refractivity contribution in [1.82, 2.24) is 4.90 Å². The van der Waals surface area contributed by atoms with Crippen LogP contribution >= 0.6 is 11.8 Å². The molecule has 0 aromatic heterocycles. The molecule has 0 spiro atoms. The Hall–Kier alpha value is -1.99. The van der Waals surface area contributed by atoms with Gasteiger partial charge in [-0.25, -0.2) is 4.79 Å². The first kappa shape index (κ1) is 17.4. The van der Waals surface area contributed by atoms with Crippen molar-refractivity contribution < 1.29 is 19.4 Å². The summed E-state index contributed by atoms with van der Waals surface area (Å²) in [5.74, 6) is 0.130. The smallest absolute Gasteiger partial charge is 0.337 e. The van der Waals surface area contributed by atoms with Crippen LogP contribution in [0.5, 0.6) is 0 Å². The zero-order valence-corrected chi connectivity index (χ0v) is 14.0. The van der Waals surface area contributed by atoms with Crippen molar-refractivity contribution in [3.05, 3.63) is 35.5 Å². The Bertz CT molecular complexity index is 613. The number of nitrogens with zero attached hydrogens (tertiary/aromatic N) is 1. The summed E-state index contributed by atoms with van der Waals surface area (Å²) >= 11 is 1.73. The molecule has 1 aliphatic rings. The van der Waals surface area contributed by atoms with Crippen LogP contribution in [0.2, 0.25) is 0 Å². The Balaban J connectivity index is 2.22. The van der Waals surface area contributed by atoms with Gasteiger partial charge in [0.25, 0.3) is 5.91 Å². The number of hydrogen-bond donors (Lipinski definition) is 2. The predicted octanol–water partition coefficient (Wildman–Crippen LogP) is 1.47. The summed E-state index contributed by atoms with van der Waals surface area (Å²) in [7, 11) is 1.28. The number of amides is 1. The molecule has 0 saturated carbocycles. The van der Waals surface area contributed by atoms with Crippen LogP contribution in [0.3, 0.4) is 0 Å². The van der Waals surface area contributed by atoms with Crippen LogP contribution in [-0.2, 0) is 14.3 Å². The average Bonchev–Trinajstić information content (AvgIpc) is 2.86. The van der Waals surface area contributed by atoms with Gasteiger partial charge in [-0.05, 0) is 30.0 Å². The zero-order valence-electron chi connectivity index (χ0n) is 13.2. The minimum atomic E-state index is -0.542. The van der Waals surface area contributed by atoms with Crippen LogP contribution in [0.15, 0.2) is 40.4 Å². The third kappa shape index (κ3) is 4.05. The van der Waals surface area contributed by atoms with E-state index in [1.807, 2.05) is 24.3 Å². The number of aliphatic hydroxyl groups is 1. The van der Waals surface area contributed by atoms with E-state index in [9.17, 15) is 9.59 Å². The number of ether oxygens (including phenoxy) is 1. The molecule has 0 bridgehead atoms. The number of aliphatic hydroxyl groups excluding tert-OH is 1. The molecule has 0 unspecified atom stereocenters. The maximum absolute atomic E-state index is 12.4. The fourth-order valence-electron chi connectivity index (χ4n) is 2.29. The van der Waals surface area contributed by atoms with Crippen molar-refractivity contribution in [3.63, 3.8) is 0 Å². The van der Waals surface area contributed by atoms with Crippen LogP contribution in [-0.4, -0.2) is 54.4 Å². The van der Waals surface area contributed by atoms with Gasteiger partial charge in [0, 0.05) is 17.1 Å². The van der Waals surface area contributed by atoms with Gasteiger partial charge in [0.2, 0.25) is 0 Å². The molecular formula is C16H20N2O4S. The van der Waals surface area contributed by atoms with Gasteiger partial charge in [-0.2, -0.15) is 0 Å². The molecule has 0 aliphatic carbocycles. The van der Waals surface area contributed by atoms with Crippen molar-refractivity contribution in [3.8, 4) is 0 Å². The number of rotatable bonds is 7. The SMILES string of the molecule is CCSc1ccc(NC2=C(C(=O)OC)CN(CCO)C2=O)cc1. The van der Waals surface area contributed by atoms with Crippen LogP contribution in [0.25, 0.3) is 0 Å². The highest BCUT2D eigenvalue weighted by Gasteiger charge is 2.34. The van der Waals surface area contributed by atoms with E-state index < -0.39 is 5.97 Å². The summed E-state index contributed by atoms with van der Waals surface area (Å²) in [6.07, 6.45) is 0. The number of carbonyl (C=O) groups is 2. The second-order valence-electron chi connectivity index (χ2n) is 4.88. The summed E-state index contributed by atoms with van der Waals surface area (Å²) in [5, 5.41) is 12.0. The fourth-order valence-corrected chi connectivity index (χ4v) is 2.96. The highest BCUT2D eigenvalue weighted by atomic mass is 32.2. The van der Waals surface area contributed by atoms with E-state index >= 15 is 0 Å². The first-order chi connectivity index (χ1) is 11.1. The monoisotopic (exact) mass is 336 g/mol. The number of β-amino-alcohol motifs (C(OH)–C–C–N with tert-alkyl or cyclic N) is 1. The van der Waals surface area contributed by atoms with Gasteiger partial charge >= 0.3 is 5.97 Å². The molecule has 2 N–H and O–H groups in total. The minimum absolute atomic E-state index is 0.137. The zero-order chi connectivity index (χ0) is 16.8. The molecule has 6 nitrogen and oxygen atoms in total. The maximum atomic E-state index is 12.4. The van der Waals surface area contributed by atoms with Gasteiger partial charge in [-0.3, -0.25) is 4.79 Å². The van der Waals surface area contributed by atoms with Crippen molar-refractivity contribution >= 4 is 29.3 Å². The standard InChI is InChI=1S/C16H20N2O4S/c1-3-23-12-6-4-11(5-7-12)17-14-13(16(21)22-2)10-18(8-9-19)15(14)20/h4-7,17,19H,3,8-10H2,1-2H3. The minimum Gasteiger partial charge on any atom is -0.466 e. The van der Waals surface area contributed by atoms with Crippen molar-refractivity contribution in [2.45, 2.75) is 11.8 Å². The van der Waals surface area contributed by atoms with E-state index in [0.717, 1.165) is 16.3 Å².